The maximum atomic E-state index is 12.2. The zero-order valence-electron chi connectivity index (χ0n) is 12.7. The molecule has 0 aromatic carbocycles. The van der Waals surface area contributed by atoms with Crippen LogP contribution < -0.4 is 16.4 Å². The normalized spacial score (nSPS) is 15.6. The first-order valence-electron chi connectivity index (χ1n) is 7.37. The first-order chi connectivity index (χ1) is 9.97. The van der Waals surface area contributed by atoms with E-state index in [0.717, 1.165) is 19.3 Å². The summed E-state index contributed by atoms with van der Waals surface area (Å²) >= 11 is 1.28. The number of hydrogen-bond acceptors (Lipinski definition) is 5. The predicted molar refractivity (Wildman–Crippen MR) is 86.5 cm³/mol. The van der Waals surface area contributed by atoms with Crippen molar-refractivity contribution in [1.82, 2.24) is 5.32 Å². The van der Waals surface area contributed by atoms with Crippen molar-refractivity contribution in [2.45, 2.75) is 52.1 Å². The largest absolute Gasteiger partial charge is 0.396 e. The molecule has 4 N–H and O–H groups in total. The molecule has 1 aromatic heterocycles. The predicted octanol–water partition coefficient (Wildman–Crippen LogP) is 2.94. The third-order valence-electron chi connectivity index (χ3n) is 3.74. The molecule has 2 rings (SSSR count). The molecule has 1 atom stereocenters. The Balaban J connectivity index is 2.24. The van der Waals surface area contributed by atoms with Crippen LogP contribution in [0.15, 0.2) is 0 Å². The number of nitrogen functional groups attached to an aromatic ring is 1. The molecule has 0 aliphatic heterocycles. The van der Waals surface area contributed by atoms with Gasteiger partial charge in [0.15, 0.2) is 0 Å². The Kier molecular flexibility index (Phi) is 4.73. The average molecular weight is 306 g/mol. The smallest absolute Gasteiger partial charge is 0.263 e. The second-order valence-corrected chi connectivity index (χ2v) is 6.83. The first kappa shape index (κ1) is 15.6. The first-order valence-corrected chi connectivity index (χ1v) is 8.19. The zero-order valence-corrected chi connectivity index (χ0v) is 13.5. The monoisotopic (exact) mass is 306 g/mol. The van der Waals surface area contributed by atoms with Gasteiger partial charge < -0.3 is 16.4 Å². The molecule has 6 heteroatoms. The molecular formula is C15H22N4OS. The Morgan fingerprint density at radius 2 is 2.19 bits per heavy atom. The molecule has 1 unspecified atom stereocenters. The lowest BCUT2D eigenvalue weighted by Gasteiger charge is -2.21. The molecule has 0 spiro atoms. The third kappa shape index (κ3) is 3.48. The number of carbonyl (C=O) groups excluding carboxylic acids is 1. The average Bonchev–Trinajstić information content (AvgIpc) is 3.18. The summed E-state index contributed by atoms with van der Waals surface area (Å²) < 4.78 is 0. The number of nitrogens with zero attached hydrogens (tertiary/aromatic N) is 1. The molecule has 0 bridgehead atoms. The highest BCUT2D eigenvalue weighted by Gasteiger charge is 2.28. The summed E-state index contributed by atoms with van der Waals surface area (Å²) in [4.78, 5) is 12.6. The minimum atomic E-state index is -0.165. The highest BCUT2D eigenvalue weighted by atomic mass is 32.1. The Morgan fingerprint density at radius 3 is 2.67 bits per heavy atom. The van der Waals surface area contributed by atoms with Crippen molar-refractivity contribution >= 4 is 27.9 Å². The number of rotatable bonds is 6. The molecular weight excluding hydrogens is 284 g/mol. The lowest BCUT2D eigenvalue weighted by Crippen LogP contribution is -2.25. The van der Waals surface area contributed by atoms with Crippen LogP contribution in [0.1, 0.15) is 55.3 Å². The Hall–Kier alpha value is -1.74. The zero-order chi connectivity index (χ0) is 15.6. The van der Waals surface area contributed by atoms with Crippen LogP contribution in [0.3, 0.4) is 0 Å². The van der Waals surface area contributed by atoms with Gasteiger partial charge in [0.2, 0.25) is 0 Å². The summed E-state index contributed by atoms with van der Waals surface area (Å²) in [6.07, 6.45) is 3.00. The summed E-state index contributed by atoms with van der Waals surface area (Å²) in [5.41, 5.74) is 6.67. The van der Waals surface area contributed by atoms with E-state index in [1.807, 2.05) is 0 Å². The van der Waals surface area contributed by atoms with E-state index in [4.69, 9.17) is 5.73 Å². The third-order valence-corrected chi connectivity index (χ3v) is 4.87. The quantitative estimate of drug-likeness (QED) is 0.753. The molecule has 5 nitrogen and oxygen atoms in total. The van der Waals surface area contributed by atoms with E-state index in [2.05, 4.69) is 37.5 Å². The second kappa shape index (κ2) is 6.35. The Morgan fingerprint density at radius 1 is 1.52 bits per heavy atom. The van der Waals surface area contributed by atoms with Crippen LogP contribution in [0.4, 0.5) is 10.7 Å². The number of carbonyl (C=O) groups is 1. The van der Waals surface area contributed by atoms with Gasteiger partial charge in [0, 0.05) is 12.1 Å². The van der Waals surface area contributed by atoms with Gasteiger partial charge in [0.1, 0.15) is 21.5 Å². The SMILES string of the molecule is CCC(Nc1sc(C(=O)NC2CC2)c(N)c1C#N)C(C)C. The van der Waals surface area contributed by atoms with E-state index >= 15 is 0 Å². The molecule has 1 aliphatic carbocycles. The fourth-order valence-electron chi connectivity index (χ4n) is 2.21. The van der Waals surface area contributed by atoms with Crippen LogP contribution in [0.25, 0.3) is 0 Å². The number of nitrogens with one attached hydrogen (secondary N) is 2. The van der Waals surface area contributed by atoms with Crippen LogP contribution in [0, 0.1) is 17.2 Å². The molecule has 1 aliphatic rings. The van der Waals surface area contributed by atoms with Gasteiger partial charge in [-0.25, -0.2) is 0 Å². The van der Waals surface area contributed by atoms with E-state index in [9.17, 15) is 10.1 Å². The van der Waals surface area contributed by atoms with Crippen molar-refractivity contribution in [3.63, 3.8) is 0 Å². The molecule has 114 valence electrons. The van der Waals surface area contributed by atoms with E-state index in [1.54, 1.807) is 0 Å². The summed E-state index contributed by atoms with van der Waals surface area (Å²) in [5, 5.41) is 16.3. The van der Waals surface area contributed by atoms with Crippen LogP contribution in [0.5, 0.6) is 0 Å². The molecule has 1 heterocycles. The maximum Gasteiger partial charge on any atom is 0.263 e. The van der Waals surface area contributed by atoms with Crippen LogP contribution in [0.2, 0.25) is 0 Å². The van der Waals surface area contributed by atoms with Crippen molar-refractivity contribution in [3.8, 4) is 6.07 Å². The highest BCUT2D eigenvalue weighted by Crippen LogP contribution is 2.36. The van der Waals surface area contributed by atoms with Crippen molar-refractivity contribution in [2.24, 2.45) is 5.92 Å². The molecule has 1 aromatic rings. The molecule has 1 saturated carbocycles. The molecule has 1 amide bonds. The van der Waals surface area contributed by atoms with Crippen molar-refractivity contribution in [2.75, 3.05) is 11.1 Å². The van der Waals surface area contributed by atoms with E-state index in [-0.39, 0.29) is 18.0 Å². The molecule has 1 fully saturated rings. The van der Waals surface area contributed by atoms with Crippen LogP contribution in [-0.2, 0) is 0 Å². The maximum absolute atomic E-state index is 12.2. The highest BCUT2D eigenvalue weighted by molar-refractivity contribution is 7.19. The molecule has 0 saturated heterocycles. The number of nitrogens with two attached hydrogens (primary N) is 1. The lowest BCUT2D eigenvalue weighted by molar-refractivity contribution is 0.0956. The standard InChI is InChI=1S/C15H22N4OS/c1-4-11(8(2)3)19-15-10(7-16)12(17)13(21-15)14(20)18-9-5-6-9/h8-9,11,19H,4-6,17H2,1-3H3,(H,18,20). The van der Waals surface area contributed by atoms with Crippen LogP contribution >= 0.6 is 11.3 Å². The van der Waals surface area contributed by atoms with Gasteiger partial charge in [-0.05, 0) is 25.2 Å². The van der Waals surface area contributed by atoms with E-state index in [1.165, 1.54) is 11.3 Å². The van der Waals surface area contributed by atoms with Crippen molar-refractivity contribution in [1.29, 1.82) is 5.26 Å². The minimum absolute atomic E-state index is 0.165. The summed E-state index contributed by atoms with van der Waals surface area (Å²) in [6.45, 7) is 6.36. The van der Waals surface area contributed by atoms with E-state index in [0.29, 0.717) is 27.0 Å². The van der Waals surface area contributed by atoms with Crippen molar-refractivity contribution in [3.05, 3.63) is 10.4 Å². The summed E-state index contributed by atoms with van der Waals surface area (Å²) in [6, 6.07) is 2.66. The van der Waals surface area contributed by atoms with Gasteiger partial charge in [-0.1, -0.05) is 20.8 Å². The van der Waals surface area contributed by atoms with Gasteiger partial charge in [-0.3, -0.25) is 4.79 Å². The number of hydrogen-bond donors (Lipinski definition) is 3. The molecule has 21 heavy (non-hydrogen) atoms. The van der Waals surface area contributed by atoms with Crippen LogP contribution in [-0.4, -0.2) is 18.0 Å². The van der Waals surface area contributed by atoms with Gasteiger partial charge in [-0.15, -0.1) is 11.3 Å². The number of nitriles is 1. The number of thiophene rings is 1. The summed E-state index contributed by atoms with van der Waals surface area (Å²) in [5.74, 6) is 0.274. The number of amides is 1. The summed E-state index contributed by atoms with van der Waals surface area (Å²) in [7, 11) is 0. The van der Waals surface area contributed by atoms with Gasteiger partial charge in [-0.2, -0.15) is 5.26 Å². The second-order valence-electron chi connectivity index (χ2n) is 5.81. The van der Waals surface area contributed by atoms with E-state index < -0.39 is 0 Å². The topological polar surface area (TPSA) is 90.9 Å². The fourth-order valence-corrected chi connectivity index (χ4v) is 3.25. The minimum Gasteiger partial charge on any atom is -0.396 e. The Labute approximate surface area is 129 Å². The van der Waals surface area contributed by atoms with Gasteiger partial charge in [0.05, 0.1) is 5.69 Å². The lowest BCUT2D eigenvalue weighted by atomic mass is 10.0. The van der Waals surface area contributed by atoms with Crippen molar-refractivity contribution < 1.29 is 4.79 Å². The number of anilines is 2. The van der Waals surface area contributed by atoms with Gasteiger partial charge in [0.25, 0.3) is 5.91 Å². The molecule has 0 radical (unpaired) electrons. The fraction of sp³-hybridized carbons (Fsp3) is 0.600. The Bertz CT molecular complexity index is 569. The van der Waals surface area contributed by atoms with Gasteiger partial charge >= 0.3 is 0 Å².